The van der Waals surface area contributed by atoms with Gasteiger partial charge in [-0.2, -0.15) is 5.10 Å². The number of hydrogen-bond acceptors (Lipinski definition) is 5. The summed E-state index contributed by atoms with van der Waals surface area (Å²) in [6.45, 7) is 5.05. The van der Waals surface area contributed by atoms with Gasteiger partial charge in [-0.05, 0) is 42.8 Å². The Morgan fingerprint density at radius 1 is 1.06 bits per heavy atom. The fraction of sp³-hybridized carbons (Fsp3) is 0.250. The van der Waals surface area contributed by atoms with E-state index in [2.05, 4.69) is 29.6 Å². The molecule has 32 heavy (non-hydrogen) atoms. The fourth-order valence-electron chi connectivity index (χ4n) is 3.28. The SMILES string of the molecule is CC[C@H](C)c1nc(NCCNC(=O)c2ccc(F)cc2)c2cnn(-c3ccccc3)c2n1. The highest BCUT2D eigenvalue weighted by Crippen LogP contribution is 2.26. The van der Waals surface area contributed by atoms with E-state index in [1.54, 1.807) is 6.20 Å². The number of aromatic nitrogens is 4. The summed E-state index contributed by atoms with van der Waals surface area (Å²) >= 11 is 0. The van der Waals surface area contributed by atoms with Crippen LogP contribution in [-0.2, 0) is 0 Å². The molecule has 4 aromatic rings. The van der Waals surface area contributed by atoms with Crippen molar-refractivity contribution in [1.82, 2.24) is 25.1 Å². The molecule has 1 atom stereocenters. The number of amides is 1. The van der Waals surface area contributed by atoms with E-state index in [0.717, 1.165) is 29.0 Å². The Bertz CT molecular complexity index is 1210. The van der Waals surface area contributed by atoms with E-state index >= 15 is 0 Å². The summed E-state index contributed by atoms with van der Waals surface area (Å²) in [7, 11) is 0. The van der Waals surface area contributed by atoms with Crippen molar-refractivity contribution < 1.29 is 9.18 Å². The quantitative estimate of drug-likeness (QED) is 0.405. The monoisotopic (exact) mass is 432 g/mol. The summed E-state index contributed by atoms with van der Waals surface area (Å²) < 4.78 is 14.8. The van der Waals surface area contributed by atoms with Gasteiger partial charge in [0.1, 0.15) is 17.5 Å². The van der Waals surface area contributed by atoms with Crippen LogP contribution in [0.25, 0.3) is 16.7 Å². The standard InChI is InChI=1S/C24H25FN6O/c1-3-16(2)21-29-22(26-13-14-27-24(32)17-9-11-18(25)12-10-17)20-15-28-31(23(20)30-21)19-7-5-4-6-8-19/h4-12,15-16H,3,13-14H2,1-2H3,(H,27,32)(H,26,29,30)/t16-/m0/s1. The molecule has 0 saturated carbocycles. The Morgan fingerprint density at radius 3 is 2.53 bits per heavy atom. The minimum absolute atomic E-state index is 0.192. The van der Waals surface area contributed by atoms with E-state index in [1.807, 2.05) is 35.0 Å². The van der Waals surface area contributed by atoms with Crippen molar-refractivity contribution in [3.05, 3.63) is 78.0 Å². The van der Waals surface area contributed by atoms with Gasteiger partial charge in [0.25, 0.3) is 5.91 Å². The van der Waals surface area contributed by atoms with Crippen molar-refractivity contribution in [3.63, 3.8) is 0 Å². The molecule has 0 spiro atoms. The van der Waals surface area contributed by atoms with Crippen LogP contribution in [0.1, 0.15) is 42.4 Å². The number of hydrogen-bond donors (Lipinski definition) is 2. The maximum Gasteiger partial charge on any atom is 0.251 e. The molecule has 0 aliphatic rings. The minimum Gasteiger partial charge on any atom is -0.368 e. The first-order chi connectivity index (χ1) is 15.6. The zero-order valence-electron chi connectivity index (χ0n) is 18.0. The number of para-hydroxylation sites is 1. The highest BCUT2D eigenvalue weighted by atomic mass is 19.1. The molecule has 0 bridgehead atoms. The van der Waals surface area contributed by atoms with Crippen molar-refractivity contribution in [2.75, 3.05) is 18.4 Å². The Balaban J connectivity index is 1.53. The van der Waals surface area contributed by atoms with Crippen molar-refractivity contribution in [2.45, 2.75) is 26.2 Å². The number of rotatable bonds is 8. The number of halogens is 1. The van der Waals surface area contributed by atoms with Crippen LogP contribution < -0.4 is 10.6 Å². The lowest BCUT2D eigenvalue weighted by Gasteiger charge is -2.13. The predicted molar refractivity (Wildman–Crippen MR) is 123 cm³/mol. The molecule has 8 heteroatoms. The molecule has 2 aromatic carbocycles. The lowest BCUT2D eigenvalue weighted by Crippen LogP contribution is -2.29. The number of carbonyl (C=O) groups excluding carboxylic acids is 1. The second kappa shape index (κ2) is 9.55. The van der Waals surface area contributed by atoms with E-state index in [0.29, 0.717) is 24.5 Å². The van der Waals surface area contributed by atoms with Gasteiger partial charge in [-0.3, -0.25) is 4.79 Å². The van der Waals surface area contributed by atoms with Crippen molar-refractivity contribution in [1.29, 1.82) is 0 Å². The molecule has 7 nitrogen and oxygen atoms in total. The third-order valence-electron chi connectivity index (χ3n) is 5.31. The van der Waals surface area contributed by atoms with Crippen molar-refractivity contribution >= 4 is 22.8 Å². The Morgan fingerprint density at radius 2 is 1.81 bits per heavy atom. The Hall–Kier alpha value is -3.81. The maximum absolute atomic E-state index is 13.0. The molecule has 0 unspecified atom stereocenters. The molecule has 0 radical (unpaired) electrons. The van der Waals surface area contributed by atoms with Gasteiger partial charge in [-0.1, -0.05) is 32.0 Å². The number of carbonyl (C=O) groups is 1. The maximum atomic E-state index is 13.0. The Labute approximate surface area is 185 Å². The van der Waals surface area contributed by atoms with Crippen LogP contribution in [0.15, 0.2) is 60.8 Å². The third kappa shape index (κ3) is 4.59. The molecule has 4 rings (SSSR count). The number of benzene rings is 2. The molecule has 0 fully saturated rings. The van der Waals surface area contributed by atoms with Crippen LogP contribution in [-0.4, -0.2) is 38.7 Å². The molecule has 1 amide bonds. The number of nitrogens with zero attached hydrogens (tertiary/aromatic N) is 4. The van der Waals surface area contributed by atoms with E-state index in [1.165, 1.54) is 24.3 Å². The topological polar surface area (TPSA) is 84.7 Å². The summed E-state index contributed by atoms with van der Waals surface area (Å²) in [6.07, 6.45) is 2.67. The van der Waals surface area contributed by atoms with Gasteiger partial charge in [0, 0.05) is 24.6 Å². The molecule has 2 N–H and O–H groups in total. The number of anilines is 1. The number of fused-ring (bicyclic) bond motifs is 1. The number of nitrogens with one attached hydrogen (secondary N) is 2. The summed E-state index contributed by atoms with van der Waals surface area (Å²) in [5.74, 6) is 0.997. The first kappa shape index (κ1) is 21.4. The smallest absolute Gasteiger partial charge is 0.251 e. The van der Waals surface area contributed by atoms with Crippen LogP contribution in [0, 0.1) is 5.82 Å². The lowest BCUT2D eigenvalue weighted by molar-refractivity contribution is 0.0955. The van der Waals surface area contributed by atoms with Gasteiger partial charge in [-0.25, -0.2) is 19.0 Å². The Kier molecular flexibility index (Phi) is 6.39. The predicted octanol–water partition coefficient (Wildman–Crippen LogP) is 4.31. The first-order valence-corrected chi connectivity index (χ1v) is 10.7. The highest BCUT2D eigenvalue weighted by Gasteiger charge is 2.16. The molecular weight excluding hydrogens is 407 g/mol. The normalized spacial score (nSPS) is 12.0. The van der Waals surface area contributed by atoms with Gasteiger partial charge in [0.2, 0.25) is 0 Å². The van der Waals surface area contributed by atoms with Crippen molar-refractivity contribution in [2.24, 2.45) is 0 Å². The zero-order valence-corrected chi connectivity index (χ0v) is 18.0. The summed E-state index contributed by atoms with van der Waals surface area (Å²) in [6, 6.07) is 15.3. The molecule has 0 aliphatic heterocycles. The molecule has 164 valence electrons. The van der Waals surface area contributed by atoms with E-state index in [9.17, 15) is 9.18 Å². The first-order valence-electron chi connectivity index (χ1n) is 10.7. The largest absolute Gasteiger partial charge is 0.368 e. The summed E-state index contributed by atoms with van der Waals surface area (Å²) in [5, 5.41) is 11.5. The molecule has 2 heterocycles. The van der Waals surface area contributed by atoms with Crippen LogP contribution in [0.3, 0.4) is 0 Å². The second-order valence-corrected chi connectivity index (χ2v) is 7.56. The van der Waals surface area contributed by atoms with Gasteiger partial charge >= 0.3 is 0 Å². The van der Waals surface area contributed by atoms with Crippen molar-refractivity contribution in [3.8, 4) is 5.69 Å². The second-order valence-electron chi connectivity index (χ2n) is 7.56. The summed E-state index contributed by atoms with van der Waals surface area (Å²) in [4.78, 5) is 21.8. The van der Waals surface area contributed by atoms with Crippen LogP contribution in [0.2, 0.25) is 0 Å². The van der Waals surface area contributed by atoms with Crippen LogP contribution >= 0.6 is 0 Å². The molecule has 2 aromatic heterocycles. The average molecular weight is 433 g/mol. The van der Waals surface area contributed by atoms with E-state index in [-0.39, 0.29) is 17.6 Å². The molecular formula is C24H25FN6O. The van der Waals surface area contributed by atoms with Gasteiger partial charge in [0.15, 0.2) is 5.65 Å². The van der Waals surface area contributed by atoms with Crippen LogP contribution in [0.5, 0.6) is 0 Å². The third-order valence-corrected chi connectivity index (χ3v) is 5.31. The molecule has 0 saturated heterocycles. The highest BCUT2D eigenvalue weighted by molar-refractivity contribution is 5.94. The molecule has 0 aliphatic carbocycles. The zero-order chi connectivity index (χ0) is 22.5. The fourth-order valence-corrected chi connectivity index (χ4v) is 3.28. The van der Waals surface area contributed by atoms with Crippen LogP contribution in [0.4, 0.5) is 10.2 Å². The summed E-state index contributed by atoms with van der Waals surface area (Å²) in [5.41, 5.74) is 2.08. The van der Waals surface area contributed by atoms with E-state index in [4.69, 9.17) is 9.97 Å². The van der Waals surface area contributed by atoms with Gasteiger partial charge in [-0.15, -0.1) is 0 Å². The average Bonchev–Trinajstić information content (AvgIpc) is 3.26. The van der Waals surface area contributed by atoms with Gasteiger partial charge in [0.05, 0.1) is 17.3 Å². The van der Waals surface area contributed by atoms with Gasteiger partial charge < -0.3 is 10.6 Å². The van der Waals surface area contributed by atoms with E-state index < -0.39 is 0 Å². The minimum atomic E-state index is -0.371. The lowest BCUT2D eigenvalue weighted by atomic mass is 10.1.